The number of alkyl halides is 1. The zero-order valence-corrected chi connectivity index (χ0v) is 13.7. The SMILES string of the molecule is CCCNC(=O)C(C)n1c(CCCl)nc2cccc(Cl)c21. The van der Waals surface area contributed by atoms with E-state index in [0.29, 0.717) is 23.9 Å². The van der Waals surface area contributed by atoms with Crippen LogP contribution in [-0.2, 0) is 11.2 Å². The Kier molecular flexibility index (Phi) is 5.48. The van der Waals surface area contributed by atoms with Crippen molar-refractivity contribution in [2.45, 2.75) is 32.7 Å². The monoisotopic (exact) mass is 327 g/mol. The van der Waals surface area contributed by atoms with Crippen LogP contribution in [0.1, 0.15) is 32.1 Å². The number of halogens is 2. The molecule has 0 bridgehead atoms. The number of nitrogens with zero attached hydrogens (tertiary/aromatic N) is 2. The summed E-state index contributed by atoms with van der Waals surface area (Å²) in [4.78, 5) is 16.8. The van der Waals surface area contributed by atoms with Crippen LogP contribution in [0.3, 0.4) is 0 Å². The molecule has 2 aromatic rings. The van der Waals surface area contributed by atoms with Crippen molar-refractivity contribution < 1.29 is 4.79 Å². The maximum absolute atomic E-state index is 12.3. The summed E-state index contributed by atoms with van der Waals surface area (Å²) < 4.78 is 1.89. The summed E-state index contributed by atoms with van der Waals surface area (Å²) in [5.41, 5.74) is 1.58. The van der Waals surface area contributed by atoms with Gasteiger partial charge in [-0.1, -0.05) is 24.6 Å². The smallest absolute Gasteiger partial charge is 0.242 e. The Morgan fingerprint density at radius 1 is 1.48 bits per heavy atom. The molecule has 2 rings (SSSR count). The Hall–Kier alpha value is -1.26. The number of nitrogens with one attached hydrogen (secondary N) is 1. The van der Waals surface area contributed by atoms with Crippen LogP contribution in [0.15, 0.2) is 18.2 Å². The highest BCUT2D eigenvalue weighted by Crippen LogP contribution is 2.28. The van der Waals surface area contributed by atoms with Gasteiger partial charge in [0.1, 0.15) is 11.9 Å². The highest BCUT2D eigenvalue weighted by molar-refractivity contribution is 6.35. The molecule has 0 spiro atoms. The molecule has 1 N–H and O–H groups in total. The van der Waals surface area contributed by atoms with Gasteiger partial charge in [0.2, 0.25) is 5.91 Å². The molecule has 0 aliphatic carbocycles. The average molecular weight is 328 g/mol. The van der Waals surface area contributed by atoms with Gasteiger partial charge in [-0.05, 0) is 25.5 Å². The first-order valence-electron chi connectivity index (χ1n) is 7.09. The summed E-state index contributed by atoms with van der Waals surface area (Å²) in [6.07, 6.45) is 1.50. The van der Waals surface area contributed by atoms with Gasteiger partial charge in [-0.25, -0.2) is 4.98 Å². The molecule has 0 saturated carbocycles. The first-order chi connectivity index (χ1) is 10.1. The van der Waals surface area contributed by atoms with Gasteiger partial charge >= 0.3 is 0 Å². The maximum Gasteiger partial charge on any atom is 0.242 e. The zero-order chi connectivity index (χ0) is 15.4. The van der Waals surface area contributed by atoms with Gasteiger partial charge in [0.25, 0.3) is 0 Å². The van der Waals surface area contributed by atoms with E-state index in [1.165, 1.54) is 0 Å². The quantitative estimate of drug-likeness (QED) is 0.824. The molecule has 0 saturated heterocycles. The van der Waals surface area contributed by atoms with Crippen LogP contribution in [0, 0.1) is 0 Å². The molecule has 1 amide bonds. The number of imidazole rings is 1. The lowest BCUT2D eigenvalue weighted by molar-refractivity contribution is -0.123. The first-order valence-corrected chi connectivity index (χ1v) is 8.00. The zero-order valence-electron chi connectivity index (χ0n) is 12.2. The number of amides is 1. The molecule has 114 valence electrons. The third kappa shape index (κ3) is 3.33. The molecular formula is C15H19Cl2N3O. The molecule has 1 aromatic carbocycles. The van der Waals surface area contributed by atoms with Gasteiger partial charge in [-0.2, -0.15) is 0 Å². The molecule has 1 aromatic heterocycles. The lowest BCUT2D eigenvalue weighted by Crippen LogP contribution is -2.32. The van der Waals surface area contributed by atoms with Gasteiger partial charge in [-0.3, -0.25) is 4.79 Å². The second-order valence-electron chi connectivity index (χ2n) is 4.91. The highest BCUT2D eigenvalue weighted by atomic mass is 35.5. The number of carbonyl (C=O) groups is 1. The minimum Gasteiger partial charge on any atom is -0.354 e. The van der Waals surface area contributed by atoms with E-state index in [2.05, 4.69) is 10.3 Å². The van der Waals surface area contributed by atoms with E-state index in [9.17, 15) is 4.79 Å². The summed E-state index contributed by atoms with van der Waals surface area (Å²) in [7, 11) is 0. The van der Waals surface area contributed by atoms with Crippen molar-refractivity contribution in [3.63, 3.8) is 0 Å². The topological polar surface area (TPSA) is 46.9 Å². The number of hydrogen-bond acceptors (Lipinski definition) is 2. The lowest BCUT2D eigenvalue weighted by atomic mass is 10.2. The lowest BCUT2D eigenvalue weighted by Gasteiger charge is -2.17. The van der Waals surface area contributed by atoms with Crippen molar-refractivity contribution in [2.75, 3.05) is 12.4 Å². The van der Waals surface area contributed by atoms with Crippen molar-refractivity contribution in [3.05, 3.63) is 29.0 Å². The molecule has 0 fully saturated rings. The van der Waals surface area contributed by atoms with E-state index in [-0.39, 0.29) is 11.9 Å². The Balaban J connectivity index is 2.49. The fourth-order valence-corrected chi connectivity index (χ4v) is 2.78. The second-order valence-corrected chi connectivity index (χ2v) is 5.70. The number of aryl methyl sites for hydroxylation is 1. The number of hydrogen-bond donors (Lipinski definition) is 1. The number of fused-ring (bicyclic) bond motifs is 1. The molecule has 1 unspecified atom stereocenters. The molecule has 21 heavy (non-hydrogen) atoms. The molecule has 6 heteroatoms. The third-order valence-electron chi connectivity index (χ3n) is 3.37. The van der Waals surface area contributed by atoms with Crippen molar-refractivity contribution in [1.29, 1.82) is 0 Å². The predicted molar refractivity (Wildman–Crippen MR) is 87.2 cm³/mol. The second kappa shape index (κ2) is 7.14. The summed E-state index contributed by atoms with van der Waals surface area (Å²) in [5, 5.41) is 3.50. The van der Waals surface area contributed by atoms with Crippen LogP contribution < -0.4 is 5.32 Å². The highest BCUT2D eigenvalue weighted by Gasteiger charge is 2.22. The summed E-state index contributed by atoms with van der Waals surface area (Å²) in [6, 6.07) is 5.18. The number of aromatic nitrogens is 2. The molecule has 1 atom stereocenters. The van der Waals surface area contributed by atoms with Crippen molar-refractivity contribution in [1.82, 2.24) is 14.9 Å². The minimum absolute atomic E-state index is 0.0353. The number of rotatable bonds is 6. The van der Waals surface area contributed by atoms with Crippen LogP contribution in [0.4, 0.5) is 0 Å². The molecule has 0 radical (unpaired) electrons. The van der Waals surface area contributed by atoms with Gasteiger partial charge in [0, 0.05) is 18.8 Å². The predicted octanol–water partition coefficient (Wildman–Crippen LogP) is 3.56. The number of para-hydroxylation sites is 1. The van der Waals surface area contributed by atoms with E-state index in [1.54, 1.807) is 0 Å². The van der Waals surface area contributed by atoms with E-state index >= 15 is 0 Å². The fourth-order valence-electron chi connectivity index (χ4n) is 2.35. The van der Waals surface area contributed by atoms with Gasteiger partial charge in [0.15, 0.2) is 0 Å². The van der Waals surface area contributed by atoms with E-state index < -0.39 is 0 Å². The van der Waals surface area contributed by atoms with E-state index in [1.807, 2.05) is 36.6 Å². The van der Waals surface area contributed by atoms with E-state index in [4.69, 9.17) is 23.2 Å². The van der Waals surface area contributed by atoms with Gasteiger partial charge in [0.05, 0.1) is 16.1 Å². The Bertz CT molecular complexity index is 639. The fraction of sp³-hybridized carbons (Fsp3) is 0.467. The standard InChI is InChI=1S/C15H19Cl2N3O/c1-3-9-18-15(21)10(2)20-13(7-8-16)19-12-6-4-5-11(17)14(12)20/h4-6,10H,3,7-9H2,1-2H3,(H,18,21). The molecule has 0 aliphatic heterocycles. The summed E-state index contributed by atoms with van der Waals surface area (Å²) in [6.45, 7) is 4.54. The third-order valence-corrected chi connectivity index (χ3v) is 3.86. The van der Waals surface area contributed by atoms with E-state index in [0.717, 1.165) is 23.3 Å². The van der Waals surface area contributed by atoms with Gasteiger partial charge in [-0.15, -0.1) is 11.6 Å². The first kappa shape index (κ1) is 16.1. The Morgan fingerprint density at radius 2 is 2.24 bits per heavy atom. The molecule has 1 heterocycles. The van der Waals surface area contributed by atoms with Crippen molar-refractivity contribution >= 4 is 40.1 Å². The minimum atomic E-state index is -0.375. The normalized spacial score (nSPS) is 12.6. The summed E-state index contributed by atoms with van der Waals surface area (Å²) in [5.74, 6) is 1.20. The van der Waals surface area contributed by atoms with Crippen molar-refractivity contribution in [3.8, 4) is 0 Å². The number of benzene rings is 1. The van der Waals surface area contributed by atoms with Crippen LogP contribution in [0.2, 0.25) is 5.02 Å². The molecular weight excluding hydrogens is 309 g/mol. The van der Waals surface area contributed by atoms with Crippen LogP contribution in [0.25, 0.3) is 11.0 Å². The summed E-state index contributed by atoms with van der Waals surface area (Å²) >= 11 is 12.2. The molecule has 0 aliphatic rings. The Labute approximate surface area is 134 Å². The van der Waals surface area contributed by atoms with Crippen LogP contribution in [0.5, 0.6) is 0 Å². The number of carbonyl (C=O) groups excluding carboxylic acids is 1. The van der Waals surface area contributed by atoms with Crippen molar-refractivity contribution in [2.24, 2.45) is 0 Å². The average Bonchev–Trinajstić information content (AvgIpc) is 2.84. The van der Waals surface area contributed by atoms with Crippen LogP contribution in [-0.4, -0.2) is 27.9 Å². The Morgan fingerprint density at radius 3 is 2.90 bits per heavy atom. The van der Waals surface area contributed by atoms with Gasteiger partial charge < -0.3 is 9.88 Å². The largest absolute Gasteiger partial charge is 0.354 e. The maximum atomic E-state index is 12.3. The molecule has 4 nitrogen and oxygen atoms in total. The van der Waals surface area contributed by atoms with Crippen LogP contribution >= 0.6 is 23.2 Å².